The molecular weight excluding hydrogens is 391 g/mol. The van der Waals surface area contributed by atoms with Gasteiger partial charge in [-0.25, -0.2) is 4.39 Å². The second-order valence-corrected chi connectivity index (χ2v) is 8.64. The molecule has 3 fully saturated rings. The number of ether oxygens (including phenoxy) is 1. The maximum atomic E-state index is 14.7. The maximum Gasteiger partial charge on any atom is 0.255 e. The maximum absolute atomic E-state index is 14.7. The van der Waals surface area contributed by atoms with Crippen LogP contribution >= 0.6 is 0 Å². The van der Waals surface area contributed by atoms with Crippen molar-refractivity contribution in [3.8, 4) is 5.75 Å². The number of nitrogens with zero attached hydrogens (tertiary/aromatic N) is 2. The third kappa shape index (κ3) is 3.55. The topological polar surface area (TPSA) is 94.1 Å². The second-order valence-electron chi connectivity index (χ2n) is 8.64. The van der Waals surface area contributed by atoms with Crippen LogP contribution in [-0.2, 0) is 11.3 Å². The Hall–Kier alpha value is -2.23. The van der Waals surface area contributed by atoms with Gasteiger partial charge in [-0.3, -0.25) is 14.5 Å². The number of benzene rings is 1. The van der Waals surface area contributed by atoms with Crippen molar-refractivity contribution in [2.24, 2.45) is 0 Å². The van der Waals surface area contributed by atoms with Crippen LogP contribution in [0.15, 0.2) is 12.1 Å². The number of carbonyl (C=O) groups excluding carboxylic acids is 2. The number of carbonyl (C=O) groups is 2. The lowest BCUT2D eigenvalue weighted by atomic mass is 9.87. The van der Waals surface area contributed by atoms with E-state index in [9.17, 15) is 19.1 Å². The fourth-order valence-corrected chi connectivity index (χ4v) is 4.91. The normalized spacial score (nSPS) is 31.9. The van der Waals surface area contributed by atoms with Gasteiger partial charge in [0.05, 0.1) is 0 Å². The first kappa shape index (κ1) is 19.7. The van der Waals surface area contributed by atoms with E-state index in [0.29, 0.717) is 24.4 Å². The first-order valence-corrected chi connectivity index (χ1v) is 10.7. The lowest BCUT2D eigenvalue weighted by Gasteiger charge is -2.44. The standard InChI is InChI=1S/C21H27FN4O4/c22-16-10-15-12(11-26(21(15)29)17-1-2-19(27)24-20(17)28)7-18(16)30-14-8-13(9-14)25-5-3-23-4-6-25/h7,10,13-14,17,19,23,27H,1-6,8-9,11H2,(H,24,28). The van der Waals surface area contributed by atoms with Crippen molar-refractivity contribution >= 4 is 11.8 Å². The molecule has 0 spiro atoms. The van der Waals surface area contributed by atoms with E-state index in [1.165, 1.54) is 11.0 Å². The molecule has 5 rings (SSSR count). The molecule has 3 heterocycles. The molecule has 0 bridgehead atoms. The summed E-state index contributed by atoms with van der Waals surface area (Å²) in [5, 5.41) is 15.4. The number of halogens is 1. The van der Waals surface area contributed by atoms with Gasteiger partial charge in [-0.2, -0.15) is 0 Å². The lowest BCUT2D eigenvalue weighted by molar-refractivity contribution is -0.132. The van der Waals surface area contributed by atoms with Crippen molar-refractivity contribution in [3.63, 3.8) is 0 Å². The Bertz CT molecular complexity index is 854. The zero-order valence-electron chi connectivity index (χ0n) is 16.8. The van der Waals surface area contributed by atoms with Crippen LogP contribution in [0, 0.1) is 5.82 Å². The van der Waals surface area contributed by atoms with Gasteiger partial charge in [0.25, 0.3) is 5.91 Å². The van der Waals surface area contributed by atoms with Gasteiger partial charge < -0.3 is 25.4 Å². The number of rotatable bonds is 4. The SMILES string of the molecule is O=C1NC(O)CCC1N1Cc2cc(OC3CC(N4CCNCC4)C3)c(F)cc2C1=O. The number of nitrogens with one attached hydrogen (secondary N) is 2. The summed E-state index contributed by atoms with van der Waals surface area (Å²) in [6.07, 6.45) is 1.64. The van der Waals surface area contributed by atoms with Gasteiger partial charge in [0.1, 0.15) is 18.4 Å². The molecule has 1 aromatic rings. The molecule has 2 amide bonds. The van der Waals surface area contributed by atoms with Crippen LogP contribution in [0.4, 0.5) is 4.39 Å². The highest BCUT2D eigenvalue weighted by atomic mass is 19.1. The molecule has 162 valence electrons. The third-order valence-corrected chi connectivity index (χ3v) is 6.72. The van der Waals surface area contributed by atoms with Crippen LogP contribution in [0.5, 0.6) is 5.75 Å². The molecule has 1 saturated carbocycles. The first-order valence-electron chi connectivity index (χ1n) is 10.7. The van der Waals surface area contributed by atoms with Crippen LogP contribution < -0.4 is 15.4 Å². The smallest absolute Gasteiger partial charge is 0.255 e. The molecule has 4 aliphatic rings. The third-order valence-electron chi connectivity index (χ3n) is 6.72. The number of fused-ring (bicyclic) bond motifs is 1. The molecule has 9 heteroatoms. The quantitative estimate of drug-likeness (QED) is 0.647. The Morgan fingerprint density at radius 2 is 1.90 bits per heavy atom. The summed E-state index contributed by atoms with van der Waals surface area (Å²) in [6.45, 7) is 4.32. The summed E-state index contributed by atoms with van der Waals surface area (Å²) >= 11 is 0. The van der Waals surface area contributed by atoms with E-state index in [2.05, 4.69) is 15.5 Å². The second kappa shape index (κ2) is 7.79. The van der Waals surface area contributed by atoms with E-state index >= 15 is 0 Å². The van der Waals surface area contributed by atoms with E-state index in [1.54, 1.807) is 6.07 Å². The fraction of sp³-hybridized carbons (Fsp3) is 0.619. The Morgan fingerprint density at radius 3 is 2.63 bits per heavy atom. The van der Waals surface area contributed by atoms with Gasteiger partial charge in [-0.15, -0.1) is 0 Å². The monoisotopic (exact) mass is 418 g/mol. The van der Waals surface area contributed by atoms with Crippen molar-refractivity contribution in [1.29, 1.82) is 0 Å². The van der Waals surface area contributed by atoms with Crippen molar-refractivity contribution in [1.82, 2.24) is 20.4 Å². The number of aliphatic hydroxyl groups excluding tert-OH is 1. The highest BCUT2D eigenvalue weighted by Crippen LogP contribution is 2.35. The first-order chi connectivity index (χ1) is 14.5. The largest absolute Gasteiger partial charge is 0.487 e. The average molecular weight is 418 g/mol. The molecule has 2 atom stereocenters. The van der Waals surface area contributed by atoms with E-state index in [4.69, 9.17) is 4.74 Å². The Kier molecular flexibility index (Phi) is 5.12. The highest BCUT2D eigenvalue weighted by molar-refractivity contribution is 6.01. The molecule has 0 aromatic heterocycles. The minimum atomic E-state index is -0.876. The van der Waals surface area contributed by atoms with Crippen LogP contribution in [0.2, 0.25) is 0 Å². The van der Waals surface area contributed by atoms with Crippen LogP contribution in [0.3, 0.4) is 0 Å². The summed E-state index contributed by atoms with van der Waals surface area (Å²) in [6, 6.07) is 2.68. The molecule has 1 aromatic carbocycles. The highest BCUT2D eigenvalue weighted by Gasteiger charge is 2.40. The number of hydrogen-bond acceptors (Lipinski definition) is 6. The number of hydrogen-bond donors (Lipinski definition) is 3. The lowest BCUT2D eigenvalue weighted by Crippen LogP contribution is -2.55. The summed E-state index contributed by atoms with van der Waals surface area (Å²) in [7, 11) is 0. The molecule has 1 aliphatic carbocycles. The van der Waals surface area contributed by atoms with E-state index in [-0.39, 0.29) is 35.8 Å². The van der Waals surface area contributed by atoms with Crippen molar-refractivity contribution in [2.45, 2.75) is 56.6 Å². The van der Waals surface area contributed by atoms with Crippen molar-refractivity contribution < 1.29 is 23.8 Å². The van der Waals surface area contributed by atoms with E-state index in [1.807, 2.05) is 0 Å². The molecule has 3 aliphatic heterocycles. The van der Waals surface area contributed by atoms with Crippen molar-refractivity contribution in [3.05, 3.63) is 29.1 Å². The number of amides is 2. The van der Waals surface area contributed by atoms with Gasteiger partial charge in [-0.1, -0.05) is 0 Å². The molecule has 8 nitrogen and oxygen atoms in total. The minimum Gasteiger partial charge on any atom is -0.487 e. The zero-order chi connectivity index (χ0) is 20.8. The average Bonchev–Trinajstić information content (AvgIpc) is 3.00. The Balaban J connectivity index is 1.24. The molecular formula is C21H27FN4O4. The number of piperazine rings is 1. The molecule has 3 N–H and O–H groups in total. The molecule has 30 heavy (non-hydrogen) atoms. The van der Waals surface area contributed by atoms with Crippen LogP contribution in [0.25, 0.3) is 0 Å². The van der Waals surface area contributed by atoms with Gasteiger partial charge in [0.2, 0.25) is 5.91 Å². The zero-order valence-corrected chi connectivity index (χ0v) is 16.8. The molecule has 0 radical (unpaired) electrons. The van der Waals surface area contributed by atoms with Gasteiger partial charge >= 0.3 is 0 Å². The van der Waals surface area contributed by atoms with Gasteiger partial charge in [0, 0.05) is 57.2 Å². The Labute approximate surface area is 174 Å². The van der Waals surface area contributed by atoms with Gasteiger partial charge in [0.15, 0.2) is 11.6 Å². The van der Waals surface area contributed by atoms with Crippen LogP contribution in [0.1, 0.15) is 41.6 Å². The number of piperidine rings is 1. The predicted octanol–water partition coefficient (Wildman–Crippen LogP) is 0.194. The molecule has 2 saturated heterocycles. The van der Waals surface area contributed by atoms with Gasteiger partial charge in [-0.05, 0) is 30.5 Å². The summed E-state index contributed by atoms with van der Waals surface area (Å²) in [5.41, 5.74) is 0.958. The van der Waals surface area contributed by atoms with E-state index < -0.39 is 18.1 Å². The van der Waals surface area contributed by atoms with E-state index in [0.717, 1.165) is 39.0 Å². The summed E-state index contributed by atoms with van der Waals surface area (Å²) < 4.78 is 20.6. The predicted molar refractivity (Wildman–Crippen MR) is 105 cm³/mol. The number of aliphatic hydroxyl groups is 1. The fourth-order valence-electron chi connectivity index (χ4n) is 4.91. The summed E-state index contributed by atoms with van der Waals surface area (Å²) in [5.74, 6) is -1.09. The molecule has 2 unspecified atom stereocenters. The van der Waals surface area contributed by atoms with Crippen LogP contribution in [-0.4, -0.2) is 77.3 Å². The Morgan fingerprint density at radius 1 is 1.13 bits per heavy atom. The van der Waals surface area contributed by atoms with Crippen molar-refractivity contribution in [2.75, 3.05) is 26.2 Å². The minimum absolute atomic E-state index is 0.0174. The summed E-state index contributed by atoms with van der Waals surface area (Å²) in [4.78, 5) is 28.9.